The highest BCUT2D eigenvalue weighted by molar-refractivity contribution is 5.78. The Morgan fingerprint density at radius 1 is 1.00 bits per heavy atom. The number of hydrogen-bond acceptors (Lipinski definition) is 2. The van der Waals surface area contributed by atoms with Crippen LogP contribution in [0.25, 0.3) is 0 Å². The van der Waals surface area contributed by atoms with E-state index in [9.17, 15) is 9.59 Å². The largest absolute Gasteiger partial charge is 0.343 e. The molecule has 4 heteroatoms. The first-order valence-corrected chi connectivity index (χ1v) is 9.29. The molecule has 4 nitrogen and oxygen atoms in total. The second-order valence-corrected chi connectivity index (χ2v) is 6.50. The zero-order chi connectivity index (χ0) is 17.1. The van der Waals surface area contributed by atoms with Crippen molar-refractivity contribution in [2.75, 3.05) is 26.2 Å². The lowest BCUT2D eigenvalue weighted by atomic mass is 9.97. The van der Waals surface area contributed by atoms with Crippen LogP contribution >= 0.6 is 0 Å². The maximum absolute atomic E-state index is 12.3. The van der Waals surface area contributed by atoms with Gasteiger partial charge in [-0.15, -0.1) is 0 Å². The van der Waals surface area contributed by atoms with Gasteiger partial charge in [0.2, 0.25) is 11.8 Å². The zero-order valence-electron chi connectivity index (χ0n) is 15.3. The third-order valence-corrected chi connectivity index (χ3v) is 4.47. The topological polar surface area (TPSA) is 40.6 Å². The molecular formula is C19H34N2O2. The molecular weight excluding hydrogens is 288 g/mol. The van der Waals surface area contributed by atoms with Crippen LogP contribution in [-0.4, -0.2) is 47.8 Å². The van der Waals surface area contributed by atoms with Gasteiger partial charge in [0.1, 0.15) is 0 Å². The van der Waals surface area contributed by atoms with Crippen LogP contribution in [0, 0.1) is 0 Å². The number of carbonyl (C=O) groups is 2. The molecule has 1 aliphatic carbocycles. The van der Waals surface area contributed by atoms with E-state index in [1.807, 2.05) is 9.80 Å². The highest BCUT2D eigenvalue weighted by atomic mass is 16.2. The van der Waals surface area contributed by atoms with Gasteiger partial charge in [0.05, 0.1) is 0 Å². The Hall–Kier alpha value is -1.32. The highest BCUT2D eigenvalue weighted by Crippen LogP contribution is 2.20. The Kier molecular flexibility index (Phi) is 9.65. The van der Waals surface area contributed by atoms with E-state index in [1.165, 1.54) is 31.3 Å². The predicted molar refractivity (Wildman–Crippen MR) is 95.2 cm³/mol. The van der Waals surface area contributed by atoms with Crippen LogP contribution in [0.1, 0.15) is 72.1 Å². The van der Waals surface area contributed by atoms with Crippen LogP contribution in [0.5, 0.6) is 0 Å². The van der Waals surface area contributed by atoms with Gasteiger partial charge in [-0.2, -0.15) is 0 Å². The lowest BCUT2D eigenvalue weighted by Crippen LogP contribution is -2.37. The highest BCUT2D eigenvalue weighted by Gasteiger charge is 2.16. The average Bonchev–Trinajstić information content (AvgIpc) is 2.55. The molecule has 1 rings (SSSR count). The summed E-state index contributed by atoms with van der Waals surface area (Å²) in [5.74, 6) is 0.253. The molecule has 0 heterocycles. The summed E-state index contributed by atoms with van der Waals surface area (Å²) >= 11 is 0. The molecule has 23 heavy (non-hydrogen) atoms. The van der Waals surface area contributed by atoms with E-state index < -0.39 is 0 Å². The smallest absolute Gasteiger partial charge is 0.224 e. The van der Waals surface area contributed by atoms with Gasteiger partial charge in [-0.05, 0) is 44.9 Å². The Balaban J connectivity index is 2.43. The average molecular weight is 322 g/mol. The van der Waals surface area contributed by atoms with E-state index in [2.05, 4.69) is 19.9 Å². The van der Waals surface area contributed by atoms with Crippen molar-refractivity contribution in [3.05, 3.63) is 11.6 Å². The zero-order valence-corrected chi connectivity index (χ0v) is 15.3. The summed E-state index contributed by atoms with van der Waals surface area (Å²) in [6.07, 6.45) is 10.6. The van der Waals surface area contributed by atoms with Crippen molar-refractivity contribution in [2.45, 2.75) is 72.1 Å². The number of carbonyl (C=O) groups excluding carboxylic acids is 2. The minimum absolute atomic E-state index is 0.0757. The van der Waals surface area contributed by atoms with Gasteiger partial charge in [0, 0.05) is 39.5 Å². The molecule has 132 valence electrons. The van der Waals surface area contributed by atoms with Crippen molar-refractivity contribution in [1.82, 2.24) is 9.80 Å². The van der Waals surface area contributed by atoms with E-state index in [4.69, 9.17) is 0 Å². The lowest BCUT2D eigenvalue weighted by Gasteiger charge is -2.25. The molecule has 0 unspecified atom stereocenters. The Bertz CT molecular complexity index is 398. The monoisotopic (exact) mass is 322 g/mol. The number of rotatable bonds is 10. The molecule has 0 bridgehead atoms. The summed E-state index contributed by atoms with van der Waals surface area (Å²) in [5, 5.41) is 0. The second kappa shape index (κ2) is 11.3. The van der Waals surface area contributed by atoms with E-state index in [0.717, 1.165) is 38.9 Å². The summed E-state index contributed by atoms with van der Waals surface area (Å²) in [7, 11) is 0. The number of amides is 2. The first kappa shape index (κ1) is 19.7. The molecule has 0 N–H and O–H groups in total. The summed E-state index contributed by atoms with van der Waals surface area (Å²) in [6, 6.07) is 0. The normalized spacial score (nSPS) is 14.3. The van der Waals surface area contributed by atoms with Crippen molar-refractivity contribution >= 4 is 11.8 Å². The third kappa shape index (κ3) is 7.67. The van der Waals surface area contributed by atoms with Gasteiger partial charge in [-0.25, -0.2) is 0 Å². The Morgan fingerprint density at radius 3 is 2.22 bits per heavy atom. The van der Waals surface area contributed by atoms with Crippen molar-refractivity contribution in [1.29, 1.82) is 0 Å². The van der Waals surface area contributed by atoms with E-state index in [0.29, 0.717) is 13.0 Å². The van der Waals surface area contributed by atoms with Gasteiger partial charge in [-0.1, -0.05) is 25.5 Å². The van der Waals surface area contributed by atoms with Crippen LogP contribution in [0.4, 0.5) is 0 Å². The summed E-state index contributed by atoms with van der Waals surface area (Å²) in [4.78, 5) is 27.9. The van der Waals surface area contributed by atoms with Gasteiger partial charge in [-0.3, -0.25) is 9.59 Å². The summed E-state index contributed by atoms with van der Waals surface area (Å²) in [5.41, 5.74) is 1.48. The molecule has 1 aliphatic rings. The molecule has 0 aromatic rings. The standard InChI is InChI=1S/C19H34N2O2/c1-4-13-21(14-5-2)19(23)12-16-20(17(3)22)15-11-18-9-7-6-8-10-18/h9H,4-8,10-16H2,1-3H3. The van der Waals surface area contributed by atoms with Crippen LogP contribution in [0.3, 0.4) is 0 Å². The first-order valence-electron chi connectivity index (χ1n) is 9.29. The second-order valence-electron chi connectivity index (χ2n) is 6.50. The molecule has 0 saturated carbocycles. The fourth-order valence-electron chi connectivity index (χ4n) is 3.13. The molecule has 0 spiro atoms. The van der Waals surface area contributed by atoms with Crippen molar-refractivity contribution in [3.8, 4) is 0 Å². The predicted octanol–water partition coefficient (Wildman–Crippen LogP) is 3.76. The lowest BCUT2D eigenvalue weighted by molar-refractivity contribution is -0.133. The van der Waals surface area contributed by atoms with Gasteiger partial charge in [0.15, 0.2) is 0 Å². The number of hydrogen-bond donors (Lipinski definition) is 0. The number of nitrogens with zero attached hydrogens (tertiary/aromatic N) is 2. The molecule has 0 fully saturated rings. The Morgan fingerprint density at radius 2 is 1.70 bits per heavy atom. The van der Waals surface area contributed by atoms with Gasteiger partial charge < -0.3 is 9.80 Å². The molecule has 0 saturated heterocycles. The molecule has 0 aromatic carbocycles. The maximum Gasteiger partial charge on any atom is 0.224 e. The van der Waals surface area contributed by atoms with Gasteiger partial charge >= 0.3 is 0 Å². The molecule has 0 aromatic heterocycles. The van der Waals surface area contributed by atoms with Crippen LogP contribution in [0.15, 0.2) is 11.6 Å². The van der Waals surface area contributed by atoms with Crippen molar-refractivity contribution < 1.29 is 9.59 Å². The molecule has 0 atom stereocenters. The third-order valence-electron chi connectivity index (χ3n) is 4.47. The van der Waals surface area contributed by atoms with E-state index in [-0.39, 0.29) is 11.8 Å². The maximum atomic E-state index is 12.3. The fraction of sp³-hybridized carbons (Fsp3) is 0.789. The number of allylic oxidation sites excluding steroid dienone is 1. The molecule has 0 aliphatic heterocycles. The van der Waals surface area contributed by atoms with Crippen LogP contribution in [0.2, 0.25) is 0 Å². The van der Waals surface area contributed by atoms with Gasteiger partial charge in [0.25, 0.3) is 0 Å². The van der Waals surface area contributed by atoms with Crippen molar-refractivity contribution in [2.24, 2.45) is 0 Å². The summed E-state index contributed by atoms with van der Waals surface area (Å²) < 4.78 is 0. The van der Waals surface area contributed by atoms with Crippen molar-refractivity contribution in [3.63, 3.8) is 0 Å². The van der Waals surface area contributed by atoms with Crippen LogP contribution < -0.4 is 0 Å². The fourth-order valence-corrected chi connectivity index (χ4v) is 3.13. The Labute approximate surface area is 141 Å². The first-order chi connectivity index (χ1) is 11.1. The SMILES string of the molecule is CCCN(CCC)C(=O)CCN(CCC1=CCCCC1)C(C)=O. The minimum atomic E-state index is 0.0757. The summed E-state index contributed by atoms with van der Waals surface area (Å²) in [6.45, 7) is 8.72. The minimum Gasteiger partial charge on any atom is -0.343 e. The quantitative estimate of drug-likeness (QED) is 0.575. The molecule has 0 radical (unpaired) electrons. The van der Waals surface area contributed by atoms with E-state index in [1.54, 1.807) is 6.92 Å². The van der Waals surface area contributed by atoms with E-state index >= 15 is 0 Å². The molecule has 2 amide bonds. The van der Waals surface area contributed by atoms with Crippen LogP contribution in [-0.2, 0) is 9.59 Å².